The van der Waals surface area contributed by atoms with E-state index in [1.54, 1.807) is 40.3 Å². The van der Waals surface area contributed by atoms with Gasteiger partial charge in [0.05, 0.1) is 35.8 Å². The molecule has 3 heterocycles. The Morgan fingerprint density at radius 1 is 1.14 bits per heavy atom. The maximum absolute atomic E-state index is 13.6. The molecule has 1 amide bonds. The largest absolute Gasteiger partial charge is 0.378 e. The molecular formula is C26H27N5O4S. The number of benzene rings is 2. The third-order valence-electron chi connectivity index (χ3n) is 6.25. The van der Waals surface area contributed by atoms with Gasteiger partial charge in [0.15, 0.2) is 16.8 Å². The molecule has 36 heavy (non-hydrogen) atoms. The Labute approximate surface area is 211 Å². The number of rotatable bonds is 7. The normalized spacial score (nSPS) is 14.7. The highest BCUT2D eigenvalue weighted by atomic mass is 32.2. The summed E-state index contributed by atoms with van der Waals surface area (Å²) in [6.45, 7) is 4.58. The SMILES string of the molecule is CCc1c(C(=O)N2CCOCC2)nn(-c2cccc(Cn3ccnc3)c2)c1-c1ccccc1S(=O)O. The van der Waals surface area contributed by atoms with Gasteiger partial charge in [-0.3, -0.25) is 4.79 Å². The lowest BCUT2D eigenvalue weighted by Crippen LogP contribution is -2.41. The molecule has 1 aliphatic rings. The lowest BCUT2D eigenvalue weighted by Gasteiger charge is -2.26. The van der Waals surface area contributed by atoms with Crippen molar-refractivity contribution in [3.8, 4) is 16.9 Å². The van der Waals surface area contributed by atoms with Gasteiger partial charge in [0.25, 0.3) is 5.91 Å². The molecule has 1 fully saturated rings. The van der Waals surface area contributed by atoms with Crippen LogP contribution in [0.25, 0.3) is 16.9 Å². The summed E-state index contributed by atoms with van der Waals surface area (Å²) in [6, 6.07) is 14.9. The number of nitrogens with zero attached hydrogens (tertiary/aromatic N) is 5. The van der Waals surface area contributed by atoms with E-state index in [0.717, 1.165) is 16.8 Å². The number of morpholine rings is 1. The molecule has 186 valence electrons. The van der Waals surface area contributed by atoms with Crippen molar-refractivity contribution in [3.63, 3.8) is 0 Å². The average Bonchev–Trinajstić information content (AvgIpc) is 3.56. The van der Waals surface area contributed by atoms with Crippen LogP contribution in [0.3, 0.4) is 0 Å². The van der Waals surface area contributed by atoms with Crippen molar-refractivity contribution in [2.45, 2.75) is 24.8 Å². The van der Waals surface area contributed by atoms with Gasteiger partial charge in [-0.15, -0.1) is 0 Å². The van der Waals surface area contributed by atoms with Gasteiger partial charge >= 0.3 is 0 Å². The third kappa shape index (κ3) is 4.75. The summed E-state index contributed by atoms with van der Waals surface area (Å²) in [6.07, 6.45) is 5.92. The predicted molar refractivity (Wildman–Crippen MR) is 135 cm³/mol. The molecule has 2 aromatic carbocycles. The van der Waals surface area contributed by atoms with E-state index in [0.29, 0.717) is 56.2 Å². The van der Waals surface area contributed by atoms with E-state index >= 15 is 0 Å². The number of carbonyl (C=O) groups is 1. The van der Waals surface area contributed by atoms with E-state index in [1.165, 1.54) is 0 Å². The predicted octanol–water partition coefficient (Wildman–Crippen LogP) is 3.40. The van der Waals surface area contributed by atoms with Gasteiger partial charge in [-0.25, -0.2) is 13.9 Å². The van der Waals surface area contributed by atoms with Gasteiger partial charge in [-0.2, -0.15) is 5.10 Å². The van der Waals surface area contributed by atoms with Crippen LogP contribution < -0.4 is 0 Å². The monoisotopic (exact) mass is 505 g/mol. The second-order valence-electron chi connectivity index (χ2n) is 8.50. The molecule has 0 spiro atoms. The number of hydrogen-bond acceptors (Lipinski definition) is 5. The van der Waals surface area contributed by atoms with Crippen LogP contribution in [-0.2, 0) is 28.8 Å². The zero-order valence-electron chi connectivity index (χ0n) is 19.9. The quantitative estimate of drug-likeness (QED) is 0.386. The van der Waals surface area contributed by atoms with Gasteiger partial charge in [0, 0.05) is 43.2 Å². The highest BCUT2D eigenvalue weighted by Crippen LogP contribution is 2.34. The van der Waals surface area contributed by atoms with E-state index in [9.17, 15) is 13.6 Å². The maximum Gasteiger partial charge on any atom is 0.274 e. The van der Waals surface area contributed by atoms with E-state index in [1.807, 2.05) is 48.0 Å². The van der Waals surface area contributed by atoms with E-state index in [2.05, 4.69) is 4.98 Å². The smallest absolute Gasteiger partial charge is 0.274 e. The van der Waals surface area contributed by atoms with E-state index < -0.39 is 11.1 Å². The molecule has 5 rings (SSSR count). The Hall–Kier alpha value is -3.60. The fraction of sp³-hybridized carbons (Fsp3) is 0.269. The zero-order valence-corrected chi connectivity index (χ0v) is 20.7. The summed E-state index contributed by atoms with van der Waals surface area (Å²) in [5.41, 5.74) is 4.11. The minimum atomic E-state index is -2.21. The number of hydrogen-bond donors (Lipinski definition) is 1. The van der Waals surface area contributed by atoms with Crippen molar-refractivity contribution >= 4 is 17.0 Å². The van der Waals surface area contributed by atoms with Crippen LogP contribution in [0.5, 0.6) is 0 Å². The molecule has 1 unspecified atom stereocenters. The molecule has 1 aliphatic heterocycles. The van der Waals surface area contributed by atoms with Gasteiger partial charge in [-0.1, -0.05) is 37.3 Å². The van der Waals surface area contributed by atoms with Crippen molar-refractivity contribution in [1.82, 2.24) is 24.2 Å². The standard InChI is InChI=1S/C26H27N5O4S/c1-2-21-24(26(32)30-12-14-35-15-13-30)28-31(25(21)22-8-3-4-9-23(22)36(33)34)20-7-5-6-19(16-20)17-29-11-10-27-18-29/h3-11,16,18H,2,12-15,17H2,1H3,(H,33,34). The summed E-state index contributed by atoms with van der Waals surface area (Å²) in [7, 11) is 0. The molecule has 2 aromatic heterocycles. The van der Waals surface area contributed by atoms with Crippen LogP contribution in [0.15, 0.2) is 72.1 Å². The first-order valence-electron chi connectivity index (χ1n) is 11.8. The van der Waals surface area contributed by atoms with Gasteiger partial charge in [0.1, 0.15) is 0 Å². The maximum atomic E-state index is 13.6. The summed E-state index contributed by atoms with van der Waals surface area (Å²) in [5.74, 6) is -0.160. The van der Waals surface area contributed by atoms with Crippen molar-refractivity contribution in [3.05, 3.63) is 84.1 Å². The fourth-order valence-electron chi connectivity index (χ4n) is 4.53. The van der Waals surface area contributed by atoms with Gasteiger partial charge < -0.3 is 18.8 Å². The van der Waals surface area contributed by atoms with Crippen LogP contribution >= 0.6 is 0 Å². The summed E-state index contributed by atoms with van der Waals surface area (Å²) in [5, 5.41) is 4.83. The number of aromatic nitrogens is 4. The lowest BCUT2D eigenvalue weighted by molar-refractivity contribution is 0.0298. The minimum Gasteiger partial charge on any atom is -0.378 e. The van der Waals surface area contributed by atoms with Crippen molar-refractivity contribution in [2.75, 3.05) is 26.3 Å². The van der Waals surface area contributed by atoms with E-state index in [4.69, 9.17) is 9.84 Å². The second-order valence-corrected chi connectivity index (χ2v) is 9.43. The Morgan fingerprint density at radius 2 is 1.94 bits per heavy atom. The average molecular weight is 506 g/mol. The molecule has 0 saturated carbocycles. The zero-order chi connectivity index (χ0) is 25.1. The lowest BCUT2D eigenvalue weighted by atomic mass is 10.0. The Morgan fingerprint density at radius 3 is 2.67 bits per heavy atom. The summed E-state index contributed by atoms with van der Waals surface area (Å²) >= 11 is -2.21. The molecule has 1 N–H and O–H groups in total. The minimum absolute atomic E-state index is 0.160. The van der Waals surface area contributed by atoms with Crippen molar-refractivity contribution < 1.29 is 18.3 Å². The van der Waals surface area contributed by atoms with E-state index in [-0.39, 0.29) is 10.8 Å². The Balaban J connectivity index is 1.68. The first-order valence-corrected chi connectivity index (χ1v) is 12.9. The molecule has 0 bridgehead atoms. The molecule has 4 aromatic rings. The third-order valence-corrected chi connectivity index (χ3v) is 6.98. The molecule has 9 nitrogen and oxygen atoms in total. The topological polar surface area (TPSA) is 102 Å². The fourth-order valence-corrected chi connectivity index (χ4v) is 5.08. The molecular weight excluding hydrogens is 478 g/mol. The second kappa shape index (κ2) is 10.6. The molecule has 1 atom stereocenters. The van der Waals surface area contributed by atoms with Crippen LogP contribution in [0.2, 0.25) is 0 Å². The summed E-state index contributed by atoms with van der Waals surface area (Å²) < 4.78 is 31.4. The molecule has 0 aliphatic carbocycles. The summed E-state index contributed by atoms with van der Waals surface area (Å²) in [4.78, 5) is 19.7. The highest BCUT2D eigenvalue weighted by molar-refractivity contribution is 7.79. The van der Waals surface area contributed by atoms with Crippen LogP contribution in [0, 0.1) is 0 Å². The van der Waals surface area contributed by atoms with Gasteiger partial charge in [-0.05, 0) is 30.2 Å². The molecule has 1 saturated heterocycles. The van der Waals surface area contributed by atoms with Crippen LogP contribution in [0.4, 0.5) is 0 Å². The van der Waals surface area contributed by atoms with Crippen LogP contribution in [0.1, 0.15) is 28.5 Å². The first kappa shape index (κ1) is 24.1. The highest BCUT2D eigenvalue weighted by Gasteiger charge is 2.29. The number of amides is 1. The molecule has 10 heteroatoms. The van der Waals surface area contributed by atoms with Crippen molar-refractivity contribution in [1.29, 1.82) is 0 Å². The Bertz CT molecular complexity index is 1390. The Kier molecular flexibility index (Phi) is 7.08. The van der Waals surface area contributed by atoms with Crippen LogP contribution in [-0.4, -0.2) is 65.2 Å². The molecule has 0 radical (unpaired) electrons. The number of imidazole rings is 1. The van der Waals surface area contributed by atoms with Gasteiger partial charge in [0.2, 0.25) is 0 Å². The number of ether oxygens (including phenoxy) is 1. The number of carbonyl (C=O) groups excluding carboxylic acids is 1. The first-order chi connectivity index (χ1) is 17.6. The van der Waals surface area contributed by atoms with Crippen molar-refractivity contribution in [2.24, 2.45) is 0 Å².